The lowest BCUT2D eigenvalue weighted by molar-refractivity contribution is 0.0934. The molecule has 0 fully saturated rings. The van der Waals surface area contributed by atoms with Gasteiger partial charge < -0.3 is 5.32 Å². The minimum atomic E-state index is -0.0290. The zero-order valence-electron chi connectivity index (χ0n) is 14.2. The number of amides is 1. The maximum Gasteiger partial charge on any atom is 0.252 e. The molecule has 1 atom stereocenters. The summed E-state index contributed by atoms with van der Waals surface area (Å²) in [7, 11) is 0. The maximum atomic E-state index is 12.6. The van der Waals surface area contributed by atoms with Crippen molar-refractivity contribution in [1.29, 1.82) is 0 Å². The number of carbonyl (C=O) groups is 1. The van der Waals surface area contributed by atoms with Crippen LogP contribution in [0.1, 0.15) is 27.7 Å². The highest BCUT2D eigenvalue weighted by Crippen LogP contribution is 2.25. The van der Waals surface area contributed by atoms with Gasteiger partial charge >= 0.3 is 0 Å². The van der Waals surface area contributed by atoms with Crippen molar-refractivity contribution in [2.45, 2.75) is 25.9 Å². The lowest BCUT2D eigenvalue weighted by Gasteiger charge is -2.32. The summed E-state index contributed by atoms with van der Waals surface area (Å²) >= 11 is 1.85. The summed E-state index contributed by atoms with van der Waals surface area (Å²) in [6, 6.07) is 12.1. The first kappa shape index (κ1) is 16.2. The Morgan fingerprint density at radius 3 is 3.12 bits per heavy atom. The van der Waals surface area contributed by atoms with Gasteiger partial charge in [-0.3, -0.25) is 14.7 Å². The van der Waals surface area contributed by atoms with Crippen LogP contribution in [0.3, 0.4) is 0 Å². The quantitative estimate of drug-likeness (QED) is 0.783. The summed E-state index contributed by atoms with van der Waals surface area (Å²) in [5, 5.41) is 6.18. The van der Waals surface area contributed by atoms with Gasteiger partial charge in [0.15, 0.2) is 0 Å². The van der Waals surface area contributed by atoms with Gasteiger partial charge in [0.2, 0.25) is 0 Å². The minimum Gasteiger partial charge on any atom is -0.350 e. The van der Waals surface area contributed by atoms with Crippen molar-refractivity contribution in [2.75, 3.05) is 13.1 Å². The van der Waals surface area contributed by atoms with Crippen LogP contribution in [0.5, 0.6) is 0 Å². The maximum absolute atomic E-state index is 12.6. The average Bonchev–Trinajstić information content (AvgIpc) is 3.13. The van der Waals surface area contributed by atoms with Crippen LogP contribution in [0.15, 0.2) is 48.0 Å². The number of nitrogens with zero attached hydrogens (tertiary/aromatic N) is 2. The van der Waals surface area contributed by atoms with Gasteiger partial charge in [0.25, 0.3) is 5.91 Å². The summed E-state index contributed by atoms with van der Waals surface area (Å²) in [6.07, 6.45) is 2.81. The van der Waals surface area contributed by atoms with Crippen LogP contribution in [0.2, 0.25) is 0 Å². The fourth-order valence-electron chi connectivity index (χ4n) is 3.41. The Kier molecular flexibility index (Phi) is 4.51. The molecule has 0 aliphatic carbocycles. The standard InChI is InChI=1S/C20H21N3OS/c1-14(23-10-7-19-15(13-23)8-11-25-19)12-22-20(24)17-6-9-21-18-5-3-2-4-16(17)18/h2-6,8-9,11,14H,7,10,12-13H2,1H3,(H,22,24). The van der Waals surface area contributed by atoms with E-state index >= 15 is 0 Å². The number of rotatable bonds is 4. The van der Waals surface area contributed by atoms with E-state index in [1.807, 2.05) is 35.6 Å². The molecular formula is C20H21N3OS. The number of para-hydroxylation sites is 1. The number of pyridine rings is 1. The Hall–Kier alpha value is -2.24. The van der Waals surface area contributed by atoms with E-state index in [0.717, 1.165) is 30.4 Å². The van der Waals surface area contributed by atoms with Gasteiger partial charge in [-0.25, -0.2) is 0 Å². The molecule has 5 heteroatoms. The molecule has 1 aromatic carbocycles. The van der Waals surface area contributed by atoms with Crippen LogP contribution in [0, 0.1) is 0 Å². The summed E-state index contributed by atoms with van der Waals surface area (Å²) in [4.78, 5) is 20.9. The highest BCUT2D eigenvalue weighted by Gasteiger charge is 2.22. The lowest BCUT2D eigenvalue weighted by atomic mass is 10.1. The van der Waals surface area contributed by atoms with Crippen molar-refractivity contribution in [3.63, 3.8) is 0 Å². The van der Waals surface area contributed by atoms with Gasteiger partial charge in [-0.15, -0.1) is 11.3 Å². The molecule has 2 aromatic heterocycles. The third-order valence-corrected chi connectivity index (χ3v) is 5.94. The number of fused-ring (bicyclic) bond motifs is 2. The van der Waals surface area contributed by atoms with Crippen LogP contribution in [0.4, 0.5) is 0 Å². The molecule has 0 radical (unpaired) electrons. The molecular weight excluding hydrogens is 330 g/mol. The average molecular weight is 351 g/mol. The first-order chi connectivity index (χ1) is 12.2. The van der Waals surface area contributed by atoms with Crippen molar-refractivity contribution >= 4 is 28.1 Å². The van der Waals surface area contributed by atoms with Crippen LogP contribution < -0.4 is 5.32 Å². The van der Waals surface area contributed by atoms with Crippen LogP contribution in [0.25, 0.3) is 10.9 Å². The summed E-state index contributed by atoms with van der Waals surface area (Å²) in [5.41, 5.74) is 2.98. The Morgan fingerprint density at radius 1 is 1.32 bits per heavy atom. The number of carbonyl (C=O) groups excluding carboxylic acids is 1. The molecule has 4 nitrogen and oxygen atoms in total. The highest BCUT2D eigenvalue weighted by atomic mass is 32.1. The monoisotopic (exact) mass is 351 g/mol. The normalized spacial score (nSPS) is 15.7. The SMILES string of the molecule is CC(CNC(=O)c1ccnc2ccccc12)N1CCc2sccc2C1. The van der Waals surface area contributed by atoms with Crippen LogP contribution in [-0.4, -0.2) is 34.9 Å². The summed E-state index contributed by atoms with van der Waals surface area (Å²) in [6.45, 7) is 4.87. The predicted octanol–water partition coefficient (Wildman–Crippen LogP) is 3.47. The molecule has 128 valence electrons. The molecule has 1 unspecified atom stereocenters. The molecule has 0 saturated carbocycles. The Bertz CT molecular complexity index is 899. The summed E-state index contributed by atoms with van der Waals surface area (Å²) < 4.78 is 0. The molecule has 0 spiro atoms. The third kappa shape index (κ3) is 3.30. The van der Waals surface area contributed by atoms with Crippen molar-refractivity contribution in [1.82, 2.24) is 15.2 Å². The number of benzene rings is 1. The van der Waals surface area contributed by atoms with Gasteiger partial charge in [0.05, 0.1) is 11.1 Å². The van der Waals surface area contributed by atoms with Crippen molar-refractivity contribution < 1.29 is 4.79 Å². The third-order valence-electron chi connectivity index (χ3n) is 4.91. The number of thiophene rings is 1. The first-order valence-corrected chi connectivity index (χ1v) is 9.51. The van der Waals surface area contributed by atoms with E-state index in [2.05, 4.69) is 33.6 Å². The number of hydrogen-bond donors (Lipinski definition) is 1. The molecule has 3 heterocycles. The summed E-state index contributed by atoms with van der Waals surface area (Å²) in [5.74, 6) is -0.0290. The van der Waals surface area contributed by atoms with Crippen molar-refractivity contribution in [2.24, 2.45) is 0 Å². The molecule has 1 amide bonds. The molecule has 1 N–H and O–H groups in total. The van der Waals surface area contributed by atoms with E-state index in [4.69, 9.17) is 0 Å². The number of aromatic nitrogens is 1. The smallest absolute Gasteiger partial charge is 0.252 e. The van der Waals surface area contributed by atoms with Crippen LogP contribution >= 0.6 is 11.3 Å². The second-order valence-electron chi connectivity index (χ2n) is 6.52. The van der Waals surface area contributed by atoms with Gasteiger partial charge in [0.1, 0.15) is 0 Å². The van der Waals surface area contributed by atoms with Gasteiger partial charge in [-0.1, -0.05) is 18.2 Å². The second kappa shape index (κ2) is 6.94. The fourth-order valence-corrected chi connectivity index (χ4v) is 4.29. The number of nitrogens with one attached hydrogen (secondary N) is 1. The topological polar surface area (TPSA) is 45.2 Å². The van der Waals surface area contributed by atoms with E-state index in [1.165, 1.54) is 10.4 Å². The predicted molar refractivity (Wildman–Crippen MR) is 102 cm³/mol. The van der Waals surface area contributed by atoms with Gasteiger partial charge in [-0.05, 0) is 42.5 Å². The molecule has 25 heavy (non-hydrogen) atoms. The van der Waals surface area contributed by atoms with E-state index in [1.54, 1.807) is 12.3 Å². The van der Waals surface area contributed by atoms with Crippen LogP contribution in [-0.2, 0) is 13.0 Å². The number of hydrogen-bond acceptors (Lipinski definition) is 4. The highest BCUT2D eigenvalue weighted by molar-refractivity contribution is 7.10. The molecule has 3 aromatic rings. The molecule has 1 aliphatic rings. The zero-order chi connectivity index (χ0) is 17.2. The van der Waals surface area contributed by atoms with Crippen molar-refractivity contribution in [3.05, 3.63) is 64.0 Å². The Labute approximate surface area is 151 Å². The molecule has 0 bridgehead atoms. The molecule has 4 rings (SSSR count). The Morgan fingerprint density at radius 2 is 2.20 bits per heavy atom. The molecule has 0 saturated heterocycles. The minimum absolute atomic E-state index is 0.0290. The van der Waals surface area contributed by atoms with E-state index in [-0.39, 0.29) is 5.91 Å². The fraction of sp³-hybridized carbons (Fsp3) is 0.300. The van der Waals surface area contributed by atoms with Gasteiger partial charge in [0, 0.05) is 42.1 Å². The second-order valence-corrected chi connectivity index (χ2v) is 7.52. The zero-order valence-corrected chi connectivity index (χ0v) is 15.1. The largest absolute Gasteiger partial charge is 0.350 e. The van der Waals surface area contributed by atoms with E-state index in [9.17, 15) is 4.79 Å². The molecule has 1 aliphatic heterocycles. The lowest BCUT2D eigenvalue weighted by Crippen LogP contribution is -2.44. The van der Waals surface area contributed by atoms with E-state index < -0.39 is 0 Å². The van der Waals surface area contributed by atoms with E-state index in [0.29, 0.717) is 18.2 Å². The first-order valence-electron chi connectivity index (χ1n) is 8.63. The Balaban J connectivity index is 1.42. The van der Waals surface area contributed by atoms with Crippen molar-refractivity contribution in [3.8, 4) is 0 Å². The van der Waals surface area contributed by atoms with Gasteiger partial charge in [-0.2, -0.15) is 0 Å².